The predicted octanol–water partition coefficient (Wildman–Crippen LogP) is 7.04. The van der Waals surface area contributed by atoms with E-state index in [-0.39, 0.29) is 18.4 Å². The van der Waals surface area contributed by atoms with Crippen LogP contribution in [0.4, 0.5) is 0 Å². The summed E-state index contributed by atoms with van der Waals surface area (Å²) in [7, 11) is 0. The van der Waals surface area contributed by atoms with E-state index in [0.29, 0.717) is 0 Å². The fourth-order valence-electron chi connectivity index (χ4n) is 2.86. The summed E-state index contributed by atoms with van der Waals surface area (Å²) in [6.45, 7) is 13.7. The largest absolute Gasteiger partial charge is 0.462 e. The highest BCUT2D eigenvalue weighted by Crippen LogP contribution is 2.18. The first-order valence-corrected chi connectivity index (χ1v) is 11.8. The Balaban J connectivity index is 3.89. The van der Waals surface area contributed by atoms with Crippen molar-refractivity contribution in [2.75, 3.05) is 13.2 Å². The van der Waals surface area contributed by atoms with Crippen LogP contribution in [0.2, 0.25) is 0 Å². The lowest BCUT2D eigenvalue weighted by molar-refractivity contribution is -0.158. The summed E-state index contributed by atoms with van der Waals surface area (Å²) < 4.78 is 17.4. The molecule has 0 aliphatic rings. The van der Waals surface area contributed by atoms with Crippen molar-refractivity contribution in [2.24, 2.45) is 5.41 Å². The Labute approximate surface area is 175 Å². The van der Waals surface area contributed by atoms with Crippen molar-refractivity contribution in [3.8, 4) is 0 Å². The van der Waals surface area contributed by atoms with Gasteiger partial charge in [-0.3, -0.25) is 4.79 Å². The molecule has 0 bridgehead atoms. The molecule has 0 saturated heterocycles. The van der Waals surface area contributed by atoms with Gasteiger partial charge in [0.1, 0.15) is 0 Å². The van der Waals surface area contributed by atoms with E-state index in [4.69, 9.17) is 14.2 Å². The van der Waals surface area contributed by atoms with Gasteiger partial charge in [0.2, 0.25) is 0 Å². The lowest BCUT2D eigenvalue weighted by Crippen LogP contribution is -2.26. The van der Waals surface area contributed by atoms with E-state index >= 15 is 0 Å². The lowest BCUT2D eigenvalue weighted by atomic mass is 9.97. The Bertz CT molecular complexity index is 350. The van der Waals surface area contributed by atoms with Gasteiger partial charge in [0.25, 0.3) is 0 Å². The minimum atomic E-state index is -0.419. The maximum Gasteiger partial charge on any atom is 0.311 e. The molecule has 4 heteroatoms. The number of esters is 1. The summed E-state index contributed by atoms with van der Waals surface area (Å²) in [4.78, 5) is 11.9. The van der Waals surface area contributed by atoms with Crippen LogP contribution in [0.25, 0.3) is 0 Å². The second-order valence-electron chi connectivity index (χ2n) is 9.04. The summed E-state index contributed by atoms with van der Waals surface area (Å²) in [6.07, 6.45) is 13.6. The minimum Gasteiger partial charge on any atom is -0.462 e. The third-order valence-electron chi connectivity index (χ3n) is 4.82. The van der Waals surface area contributed by atoms with Gasteiger partial charge in [0.05, 0.1) is 11.5 Å². The van der Waals surface area contributed by atoms with Gasteiger partial charge < -0.3 is 14.2 Å². The summed E-state index contributed by atoms with van der Waals surface area (Å²) in [5, 5.41) is 0. The van der Waals surface area contributed by atoms with Crippen molar-refractivity contribution in [2.45, 2.75) is 131 Å². The highest BCUT2D eigenvalue weighted by Gasteiger charge is 2.24. The number of rotatable bonds is 18. The molecular weight excluding hydrogens is 352 g/mol. The van der Waals surface area contributed by atoms with Crippen LogP contribution in [0, 0.1) is 5.41 Å². The van der Waals surface area contributed by atoms with E-state index in [1.54, 1.807) is 0 Å². The predicted molar refractivity (Wildman–Crippen MR) is 117 cm³/mol. The molecule has 1 unspecified atom stereocenters. The molecule has 0 fully saturated rings. The van der Waals surface area contributed by atoms with E-state index in [0.717, 1.165) is 58.2 Å². The molecule has 0 N–H and O–H groups in total. The number of hydrogen-bond acceptors (Lipinski definition) is 4. The first kappa shape index (κ1) is 27.4. The maximum atomic E-state index is 11.9. The normalized spacial score (nSPS) is 13.1. The molecule has 1 atom stereocenters. The topological polar surface area (TPSA) is 44.8 Å². The molecule has 0 aromatic rings. The number of ether oxygens (including phenoxy) is 3. The molecule has 0 aromatic carbocycles. The zero-order chi connectivity index (χ0) is 21.3. The number of unbranched alkanes of at least 4 members (excludes halogenated alkanes) is 7. The van der Waals surface area contributed by atoms with Crippen LogP contribution in [-0.2, 0) is 19.0 Å². The molecule has 0 radical (unpaired) electrons. The lowest BCUT2D eigenvalue weighted by Gasteiger charge is -2.21. The quantitative estimate of drug-likeness (QED) is 0.140. The van der Waals surface area contributed by atoms with E-state index in [9.17, 15) is 4.79 Å². The van der Waals surface area contributed by atoms with Gasteiger partial charge in [0, 0.05) is 13.2 Å². The summed E-state index contributed by atoms with van der Waals surface area (Å²) in [5.41, 5.74) is -0.419. The maximum absolute atomic E-state index is 11.9. The van der Waals surface area contributed by atoms with E-state index in [1.807, 2.05) is 27.7 Å². The Morgan fingerprint density at radius 2 is 1.25 bits per heavy atom. The average Bonchev–Trinajstić information content (AvgIpc) is 2.63. The van der Waals surface area contributed by atoms with Gasteiger partial charge in [-0.25, -0.2) is 0 Å². The fraction of sp³-hybridized carbons (Fsp3) is 0.958. The molecule has 0 amide bonds. The van der Waals surface area contributed by atoms with Gasteiger partial charge >= 0.3 is 5.97 Å². The molecule has 0 aliphatic heterocycles. The van der Waals surface area contributed by atoms with Crippen molar-refractivity contribution in [1.82, 2.24) is 0 Å². The van der Waals surface area contributed by atoms with E-state index in [1.165, 1.54) is 32.1 Å². The Morgan fingerprint density at radius 1 is 0.750 bits per heavy atom. The summed E-state index contributed by atoms with van der Waals surface area (Å²) in [5.74, 6) is -0.108. The molecule has 4 nitrogen and oxygen atoms in total. The monoisotopic (exact) mass is 400 g/mol. The van der Waals surface area contributed by atoms with Crippen molar-refractivity contribution >= 4 is 5.97 Å². The van der Waals surface area contributed by atoms with Crippen molar-refractivity contribution < 1.29 is 19.0 Å². The number of carbonyl (C=O) groups is 1. The van der Waals surface area contributed by atoms with Crippen LogP contribution >= 0.6 is 0 Å². The van der Waals surface area contributed by atoms with Crippen LogP contribution in [-0.4, -0.2) is 31.6 Å². The summed E-state index contributed by atoms with van der Waals surface area (Å²) >= 11 is 0. The zero-order valence-electron chi connectivity index (χ0n) is 19.7. The second kappa shape index (κ2) is 17.3. The van der Waals surface area contributed by atoms with Crippen LogP contribution in [0.1, 0.15) is 119 Å². The van der Waals surface area contributed by atoms with Gasteiger partial charge in [-0.2, -0.15) is 0 Å². The molecule has 0 heterocycles. The zero-order valence-corrected chi connectivity index (χ0v) is 19.7. The fourth-order valence-corrected chi connectivity index (χ4v) is 2.86. The van der Waals surface area contributed by atoms with Gasteiger partial charge in [-0.05, 0) is 66.2 Å². The molecule has 0 aromatic heterocycles. The van der Waals surface area contributed by atoms with E-state index < -0.39 is 5.41 Å². The van der Waals surface area contributed by atoms with Crippen LogP contribution in [0.5, 0.6) is 0 Å². The highest BCUT2D eigenvalue weighted by atomic mass is 16.7. The number of carbonyl (C=O) groups excluding carboxylic acids is 1. The van der Waals surface area contributed by atoms with Crippen LogP contribution < -0.4 is 0 Å². The third-order valence-corrected chi connectivity index (χ3v) is 4.82. The molecule has 28 heavy (non-hydrogen) atoms. The molecule has 0 saturated carbocycles. The molecule has 168 valence electrons. The Morgan fingerprint density at radius 3 is 1.71 bits per heavy atom. The molecular formula is C24H48O4. The molecule has 0 spiro atoms. The Kier molecular flexibility index (Phi) is 16.9. The summed E-state index contributed by atoms with van der Waals surface area (Å²) in [6, 6.07) is 0. The van der Waals surface area contributed by atoms with Gasteiger partial charge in [0.15, 0.2) is 6.29 Å². The molecule has 0 aliphatic carbocycles. The highest BCUT2D eigenvalue weighted by molar-refractivity contribution is 5.75. The Hall–Kier alpha value is -0.610. The van der Waals surface area contributed by atoms with Crippen LogP contribution in [0.3, 0.4) is 0 Å². The first-order chi connectivity index (χ1) is 13.3. The van der Waals surface area contributed by atoms with E-state index in [2.05, 4.69) is 13.8 Å². The van der Waals surface area contributed by atoms with Crippen molar-refractivity contribution in [1.29, 1.82) is 0 Å². The van der Waals surface area contributed by atoms with Gasteiger partial charge in [-0.15, -0.1) is 0 Å². The molecule has 0 rings (SSSR count). The van der Waals surface area contributed by atoms with Crippen molar-refractivity contribution in [3.63, 3.8) is 0 Å². The average molecular weight is 401 g/mol. The van der Waals surface area contributed by atoms with Gasteiger partial charge in [-0.1, -0.05) is 52.4 Å². The first-order valence-electron chi connectivity index (χ1n) is 11.8. The van der Waals surface area contributed by atoms with Crippen molar-refractivity contribution in [3.05, 3.63) is 0 Å². The second-order valence-corrected chi connectivity index (χ2v) is 9.04. The number of hydrogen-bond donors (Lipinski definition) is 0. The smallest absolute Gasteiger partial charge is 0.311 e. The SMILES string of the molecule is CCCCCOC(CCCCCCC(C)OC(=O)C(C)(C)C)OCCCCC. The third kappa shape index (κ3) is 16.4. The van der Waals surface area contributed by atoms with Crippen LogP contribution in [0.15, 0.2) is 0 Å². The minimum absolute atomic E-state index is 0.00303. The standard InChI is InChI=1S/C24H48O4/c1-7-9-15-19-26-22(27-20-16-10-8-2)18-14-12-11-13-17-21(3)28-23(25)24(4,5)6/h21-22H,7-20H2,1-6H3.